The summed E-state index contributed by atoms with van der Waals surface area (Å²) in [5, 5.41) is 7.25. The minimum Gasteiger partial charge on any atom is -0.481 e. The van der Waals surface area contributed by atoms with Gasteiger partial charge in [0.15, 0.2) is 0 Å². The van der Waals surface area contributed by atoms with Crippen LogP contribution in [-0.4, -0.2) is 55.5 Å². The van der Waals surface area contributed by atoms with E-state index in [1.807, 2.05) is 26.8 Å². The Balaban J connectivity index is 1.49. The van der Waals surface area contributed by atoms with E-state index < -0.39 is 29.3 Å². The molecule has 1 aliphatic carbocycles. The monoisotopic (exact) mass is 609 g/mol. The maximum Gasteiger partial charge on any atom is 0.407 e. The molecular weight excluding hydrogens is 568 g/mol. The number of ether oxygens (including phenoxy) is 3. The molecule has 0 saturated heterocycles. The van der Waals surface area contributed by atoms with Gasteiger partial charge in [-0.1, -0.05) is 18.2 Å². The van der Waals surface area contributed by atoms with Crippen molar-refractivity contribution in [2.45, 2.75) is 70.6 Å². The van der Waals surface area contributed by atoms with Crippen molar-refractivity contribution in [3.63, 3.8) is 0 Å². The van der Waals surface area contributed by atoms with Gasteiger partial charge in [-0.25, -0.2) is 23.4 Å². The fourth-order valence-corrected chi connectivity index (χ4v) is 5.64. The van der Waals surface area contributed by atoms with Crippen LogP contribution in [0.3, 0.4) is 0 Å². The first-order valence-electron chi connectivity index (χ1n) is 14.9. The molecule has 0 radical (unpaired) electrons. The number of carbonyl (C=O) groups is 2. The molecular formula is C34H41F2N3O5. The zero-order valence-electron chi connectivity index (χ0n) is 25.9. The second-order valence-electron chi connectivity index (χ2n) is 12.1. The molecule has 3 aromatic rings. The SMILES string of the molecule is COC(=O)c1ccc(CC(NC(=O)OC(C)(C)C)C2CCC(NC/C=C/c3cc(F)ccc3F)CC2)c2nc(OC)ccc12. The van der Waals surface area contributed by atoms with Crippen molar-refractivity contribution < 1.29 is 32.6 Å². The van der Waals surface area contributed by atoms with E-state index in [0.29, 0.717) is 35.3 Å². The van der Waals surface area contributed by atoms with Crippen LogP contribution in [0.2, 0.25) is 0 Å². The van der Waals surface area contributed by atoms with E-state index in [-0.39, 0.29) is 23.6 Å². The first-order valence-corrected chi connectivity index (χ1v) is 14.9. The number of aromatic nitrogens is 1. The van der Waals surface area contributed by atoms with Crippen LogP contribution in [0.1, 0.15) is 67.9 Å². The number of hydrogen-bond donors (Lipinski definition) is 2. The fourth-order valence-electron chi connectivity index (χ4n) is 5.64. The quantitative estimate of drug-likeness (QED) is 0.250. The minimum atomic E-state index is -0.651. The standard InChI is InChI=1S/C34H41F2N3O5/c1-34(2,3)44-33(41)38-29(20-23-10-14-27(32(40)43-5)26-15-17-30(42-4)39-31(23)26)21-8-12-25(13-9-21)37-18-6-7-22-19-24(35)11-16-28(22)36/h6-7,10-11,14-17,19,21,25,29,37H,8-9,12-13,18,20H2,1-5H3,(H,38,41)/b7-6+. The van der Waals surface area contributed by atoms with Gasteiger partial charge in [-0.05, 0) is 94.7 Å². The lowest BCUT2D eigenvalue weighted by Crippen LogP contribution is -2.46. The van der Waals surface area contributed by atoms with E-state index in [2.05, 4.69) is 15.6 Å². The summed E-state index contributed by atoms with van der Waals surface area (Å²) in [5.74, 6) is -0.822. The molecule has 236 valence electrons. The molecule has 44 heavy (non-hydrogen) atoms. The third-order valence-electron chi connectivity index (χ3n) is 7.79. The van der Waals surface area contributed by atoms with Crippen LogP contribution < -0.4 is 15.4 Å². The van der Waals surface area contributed by atoms with Gasteiger partial charge >= 0.3 is 12.1 Å². The van der Waals surface area contributed by atoms with Gasteiger partial charge < -0.3 is 24.8 Å². The van der Waals surface area contributed by atoms with E-state index >= 15 is 0 Å². The molecule has 1 aliphatic rings. The summed E-state index contributed by atoms with van der Waals surface area (Å²) in [7, 11) is 2.87. The van der Waals surface area contributed by atoms with Crippen molar-refractivity contribution in [3.05, 3.63) is 76.9 Å². The number of fused-ring (bicyclic) bond motifs is 1. The lowest BCUT2D eigenvalue weighted by Gasteiger charge is -2.35. The molecule has 2 aromatic carbocycles. The summed E-state index contributed by atoms with van der Waals surface area (Å²) in [6.45, 7) is 6.00. The predicted octanol–water partition coefficient (Wildman–Crippen LogP) is 6.61. The molecule has 2 N–H and O–H groups in total. The summed E-state index contributed by atoms with van der Waals surface area (Å²) in [6, 6.07) is 10.5. The molecule has 0 spiro atoms. The van der Waals surface area contributed by atoms with Crippen molar-refractivity contribution in [1.82, 2.24) is 15.6 Å². The minimum absolute atomic E-state index is 0.165. The zero-order chi connectivity index (χ0) is 31.9. The Hall–Kier alpha value is -4.05. The number of carbonyl (C=O) groups excluding carboxylic acids is 2. The Morgan fingerprint density at radius 2 is 1.80 bits per heavy atom. The molecule has 10 heteroatoms. The van der Waals surface area contributed by atoms with Gasteiger partial charge in [0.1, 0.15) is 17.2 Å². The topological polar surface area (TPSA) is 98.8 Å². The summed E-state index contributed by atoms with van der Waals surface area (Å²) in [4.78, 5) is 30.1. The maximum atomic E-state index is 13.9. The Morgan fingerprint density at radius 3 is 2.48 bits per heavy atom. The van der Waals surface area contributed by atoms with E-state index in [1.165, 1.54) is 20.3 Å². The van der Waals surface area contributed by atoms with Gasteiger partial charge in [-0.15, -0.1) is 0 Å². The maximum absolute atomic E-state index is 13.9. The molecule has 0 bridgehead atoms. The summed E-state index contributed by atoms with van der Waals surface area (Å²) >= 11 is 0. The molecule has 4 rings (SSSR count). The number of benzene rings is 2. The normalized spacial score (nSPS) is 17.8. The Morgan fingerprint density at radius 1 is 1.05 bits per heavy atom. The third-order valence-corrected chi connectivity index (χ3v) is 7.79. The van der Waals surface area contributed by atoms with Crippen molar-refractivity contribution in [2.24, 2.45) is 5.92 Å². The smallest absolute Gasteiger partial charge is 0.407 e. The highest BCUT2D eigenvalue weighted by Crippen LogP contribution is 2.32. The average Bonchev–Trinajstić information content (AvgIpc) is 2.99. The third kappa shape index (κ3) is 8.75. The molecule has 1 aromatic heterocycles. The Kier molecular flexibility index (Phi) is 10.9. The Labute approximate surface area is 257 Å². The number of alkyl carbamates (subject to hydrolysis) is 1. The highest BCUT2D eigenvalue weighted by molar-refractivity contribution is 6.04. The van der Waals surface area contributed by atoms with Gasteiger partial charge in [0.05, 0.1) is 25.3 Å². The molecule has 0 aliphatic heterocycles. The summed E-state index contributed by atoms with van der Waals surface area (Å²) < 4.78 is 43.3. The highest BCUT2D eigenvalue weighted by atomic mass is 19.1. The number of rotatable bonds is 10. The second-order valence-corrected chi connectivity index (χ2v) is 12.1. The predicted molar refractivity (Wildman–Crippen MR) is 166 cm³/mol. The van der Waals surface area contributed by atoms with E-state index in [1.54, 1.807) is 30.4 Å². The van der Waals surface area contributed by atoms with Gasteiger partial charge in [-0.3, -0.25) is 0 Å². The van der Waals surface area contributed by atoms with Crippen LogP contribution in [0.4, 0.5) is 13.6 Å². The van der Waals surface area contributed by atoms with Crippen LogP contribution in [-0.2, 0) is 15.9 Å². The molecule has 1 unspecified atom stereocenters. The van der Waals surface area contributed by atoms with Gasteiger partial charge in [0.2, 0.25) is 5.88 Å². The highest BCUT2D eigenvalue weighted by Gasteiger charge is 2.31. The number of nitrogens with one attached hydrogen (secondary N) is 2. The van der Waals surface area contributed by atoms with Crippen LogP contribution in [0.25, 0.3) is 17.0 Å². The first kappa shape index (κ1) is 32.9. The number of hydrogen-bond acceptors (Lipinski definition) is 7. The molecule has 8 nitrogen and oxygen atoms in total. The fraction of sp³-hybridized carbons (Fsp3) is 0.441. The average molecular weight is 610 g/mol. The molecule has 1 amide bonds. The first-order chi connectivity index (χ1) is 21.0. The van der Waals surface area contributed by atoms with Crippen molar-refractivity contribution in [2.75, 3.05) is 20.8 Å². The number of pyridine rings is 1. The van der Waals surface area contributed by atoms with E-state index in [4.69, 9.17) is 14.2 Å². The lowest BCUT2D eigenvalue weighted by molar-refractivity contribution is 0.0474. The second kappa shape index (κ2) is 14.6. The van der Waals surface area contributed by atoms with Crippen molar-refractivity contribution >= 4 is 29.0 Å². The van der Waals surface area contributed by atoms with Crippen molar-refractivity contribution in [1.29, 1.82) is 0 Å². The molecule has 1 atom stereocenters. The van der Waals surface area contributed by atoms with E-state index in [0.717, 1.165) is 43.4 Å². The number of nitrogens with zero attached hydrogens (tertiary/aromatic N) is 1. The van der Waals surface area contributed by atoms with E-state index in [9.17, 15) is 18.4 Å². The molecule has 1 fully saturated rings. The molecule has 1 heterocycles. The largest absolute Gasteiger partial charge is 0.481 e. The number of esters is 1. The van der Waals surface area contributed by atoms with Crippen LogP contribution >= 0.6 is 0 Å². The number of halogens is 2. The number of amides is 1. The van der Waals surface area contributed by atoms with Crippen LogP contribution in [0, 0.1) is 17.6 Å². The van der Waals surface area contributed by atoms with Gasteiger partial charge in [0.25, 0.3) is 0 Å². The summed E-state index contributed by atoms with van der Waals surface area (Å²) in [6.07, 6.45) is 6.84. The van der Waals surface area contributed by atoms with Crippen LogP contribution in [0.15, 0.2) is 48.5 Å². The van der Waals surface area contributed by atoms with Crippen molar-refractivity contribution in [3.8, 4) is 5.88 Å². The van der Waals surface area contributed by atoms with Gasteiger partial charge in [-0.2, -0.15) is 0 Å². The molecule has 1 saturated carbocycles. The summed E-state index contributed by atoms with van der Waals surface area (Å²) in [5.41, 5.74) is 1.44. The number of methoxy groups -OCH3 is 2. The Bertz CT molecular complexity index is 1500. The lowest BCUT2D eigenvalue weighted by atomic mass is 9.79. The van der Waals surface area contributed by atoms with Crippen LogP contribution in [0.5, 0.6) is 5.88 Å². The van der Waals surface area contributed by atoms with Gasteiger partial charge in [0, 0.05) is 35.6 Å². The zero-order valence-corrected chi connectivity index (χ0v) is 25.9.